The van der Waals surface area contributed by atoms with Gasteiger partial charge in [-0.2, -0.15) is 0 Å². The van der Waals surface area contributed by atoms with Gasteiger partial charge in [0, 0.05) is 13.1 Å². The number of hydrogen-bond donors (Lipinski definition) is 0. The number of carbonyl (C=O) groups excluding carboxylic acids is 1. The van der Waals surface area contributed by atoms with E-state index in [1.54, 1.807) is 38.1 Å². The molecule has 1 aromatic rings. The van der Waals surface area contributed by atoms with Crippen molar-refractivity contribution in [1.82, 2.24) is 4.90 Å². The Labute approximate surface area is 132 Å². The molecule has 4 nitrogen and oxygen atoms in total. The summed E-state index contributed by atoms with van der Waals surface area (Å²) in [5.41, 5.74) is 2.05. The van der Waals surface area contributed by atoms with Crippen LogP contribution in [-0.2, 0) is 21.1 Å². The van der Waals surface area contributed by atoms with Crippen molar-refractivity contribution < 1.29 is 13.2 Å². The number of carbonyl (C=O) groups is 1. The van der Waals surface area contributed by atoms with E-state index in [4.69, 9.17) is 0 Å². The van der Waals surface area contributed by atoms with Crippen LogP contribution in [0.3, 0.4) is 0 Å². The molecule has 120 valence electrons. The van der Waals surface area contributed by atoms with E-state index in [9.17, 15) is 13.2 Å². The highest BCUT2D eigenvalue weighted by atomic mass is 32.2. The quantitative estimate of drug-likeness (QED) is 0.801. The molecule has 1 aliphatic heterocycles. The molecule has 0 N–H and O–H groups in total. The number of hydrogen-bond acceptors (Lipinski definition) is 3. The van der Waals surface area contributed by atoms with Gasteiger partial charge in [0.25, 0.3) is 0 Å². The number of benzene rings is 1. The van der Waals surface area contributed by atoms with Gasteiger partial charge < -0.3 is 4.90 Å². The molecule has 0 unspecified atom stereocenters. The largest absolute Gasteiger partial charge is 0.342 e. The van der Waals surface area contributed by atoms with Crippen LogP contribution in [0.2, 0.25) is 0 Å². The van der Waals surface area contributed by atoms with Gasteiger partial charge in [0.2, 0.25) is 5.91 Å². The Kier molecular flexibility index (Phi) is 5.06. The summed E-state index contributed by atoms with van der Waals surface area (Å²) in [6.07, 6.45) is 2.06. The number of sulfone groups is 1. The summed E-state index contributed by atoms with van der Waals surface area (Å²) < 4.78 is 24.1. The van der Waals surface area contributed by atoms with E-state index >= 15 is 0 Å². The first-order chi connectivity index (χ1) is 10.3. The van der Waals surface area contributed by atoms with Gasteiger partial charge in [-0.25, -0.2) is 8.42 Å². The Morgan fingerprint density at radius 1 is 1.18 bits per heavy atom. The van der Waals surface area contributed by atoms with Crippen molar-refractivity contribution in [3.8, 4) is 0 Å². The van der Waals surface area contributed by atoms with E-state index in [2.05, 4.69) is 6.58 Å². The fraction of sp³-hybridized carbons (Fsp3) is 0.471. The van der Waals surface area contributed by atoms with Crippen molar-refractivity contribution in [2.24, 2.45) is 0 Å². The number of nitrogens with zero attached hydrogens (tertiary/aromatic N) is 1. The van der Waals surface area contributed by atoms with Crippen molar-refractivity contribution in [3.63, 3.8) is 0 Å². The van der Waals surface area contributed by atoms with Gasteiger partial charge in [-0.05, 0) is 44.4 Å². The van der Waals surface area contributed by atoms with Crippen LogP contribution < -0.4 is 0 Å². The molecule has 1 heterocycles. The normalized spacial score (nSPS) is 16.1. The van der Waals surface area contributed by atoms with E-state index in [-0.39, 0.29) is 5.91 Å². The molecule has 1 amide bonds. The van der Waals surface area contributed by atoms with Crippen LogP contribution >= 0.6 is 0 Å². The maximum absolute atomic E-state index is 12.2. The lowest BCUT2D eigenvalue weighted by Gasteiger charge is -2.28. The lowest BCUT2D eigenvalue weighted by molar-refractivity contribution is -0.130. The van der Waals surface area contributed by atoms with Gasteiger partial charge in [-0.1, -0.05) is 24.3 Å². The highest BCUT2D eigenvalue weighted by molar-refractivity contribution is 7.92. The Balaban J connectivity index is 2.02. The van der Waals surface area contributed by atoms with Crippen LogP contribution in [0.5, 0.6) is 0 Å². The third kappa shape index (κ3) is 3.77. The number of likely N-dealkylation sites (tertiary alicyclic amines) is 1. The van der Waals surface area contributed by atoms with Gasteiger partial charge >= 0.3 is 0 Å². The van der Waals surface area contributed by atoms with Crippen molar-refractivity contribution in [2.75, 3.05) is 13.1 Å². The summed E-state index contributed by atoms with van der Waals surface area (Å²) in [4.78, 5) is 14.4. The summed E-state index contributed by atoms with van der Waals surface area (Å²) in [6, 6.07) is 6.65. The molecule has 0 aromatic heterocycles. The van der Waals surface area contributed by atoms with Gasteiger partial charge in [-0.3, -0.25) is 4.79 Å². The average molecular weight is 321 g/mol. The SMILES string of the molecule is C=C1CCN(C(=O)Cc2ccc(S(=O)(=O)C(C)C)cc2)CC1. The van der Waals surface area contributed by atoms with Crippen molar-refractivity contribution in [2.45, 2.75) is 43.3 Å². The molecular formula is C17H23NO3S. The summed E-state index contributed by atoms with van der Waals surface area (Å²) in [5, 5.41) is -0.443. The predicted octanol–water partition coefficient (Wildman–Crippen LogP) is 2.59. The van der Waals surface area contributed by atoms with E-state index in [0.717, 1.165) is 31.5 Å². The zero-order chi connectivity index (χ0) is 16.3. The minimum atomic E-state index is -3.25. The highest BCUT2D eigenvalue weighted by Crippen LogP contribution is 2.18. The average Bonchev–Trinajstić information content (AvgIpc) is 2.48. The molecule has 0 aliphatic carbocycles. The Morgan fingerprint density at radius 3 is 2.23 bits per heavy atom. The minimum Gasteiger partial charge on any atom is -0.342 e. The Morgan fingerprint density at radius 2 is 1.73 bits per heavy atom. The van der Waals surface area contributed by atoms with E-state index in [1.165, 1.54) is 5.57 Å². The summed E-state index contributed by atoms with van der Waals surface area (Å²) in [7, 11) is -3.25. The van der Waals surface area contributed by atoms with Crippen molar-refractivity contribution in [1.29, 1.82) is 0 Å². The lowest BCUT2D eigenvalue weighted by Crippen LogP contribution is -2.37. The number of piperidine rings is 1. The Bertz CT molecular complexity index is 650. The van der Waals surface area contributed by atoms with Crippen LogP contribution in [-0.4, -0.2) is 37.6 Å². The molecule has 1 saturated heterocycles. The topological polar surface area (TPSA) is 54.5 Å². The van der Waals surface area contributed by atoms with Crippen LogP contribution in [0.25, 0.3) is 0 Å². The molecule has 1 aromatic carbocycles. The van der Waals surface area contributed by atoms with Gasteiger partial charge in [-0.15, -0.1) is 0 Å². The van der Waals surface area contributed by atoms with Crippen LogP contribution in [0, 0.1) is 0 Å². The molecule has 5 heteroatoms. The smallest absolute Gasteiger partial charge is 0.227 e. The van der Waals surface area contributed by atoms with Crippen molar-refractivity contribution >= 4 is 15.7 Å². The third-order valence-electron chi connectivity index (χ3n) is 4.05. The maximum atomic E-state index is 12.2. The molecule has 0 saturated carbocycles. The first kappa shape index (κ1) is 16.7. The molecular weight excluding hydrogens is 298 g/mol. The minimum absolute atomic E-state index is 0.0898. The van der Waals surface area contributed by atoms with Gasteiger partial charge in [0.1, 0.15) is 0 Å². The van der Waals surface area contributed by atoms with E-state index in [1.807, 2.05) is 4.90 Å². The standard InChI is InChI=1S/C17H23NO3S/c1-13(2)22(20,21)16-6-4-15(5-7-16)12-17(19)18-10-8-14(3)9-11-18/h4-7,13H,3,8-12H2,1-2H3. The fourth-order valence-corrected chi connectivity index (χ4v) is 3.49. The summed E-state index contributed by atoms with van der Waals surface area (Å²) in [5.74, 6) is 0.0898. The zero-order valence-corrected chi connectivity index (χ0v) is 14.0. The van der Waals surface area contributed by atoms with Crippen LogP contribution in [0.4, 0.5) is 0 Å². The van der Waals surface area contributed by atoms with Gasteiger partial charge in [0.15, 0.2) is 9.84 Å². The maximum Gasteiger partial charge on any atom is 0.227 e. The molecule has 2 rings (SSSR count). The van der Waals surface area contributed by atoms with E-state index in [0.29, 0.717) is 11.3 Å². The van der Waals surface area contributed by atoms with Crippen molar-refractivity contribution in [3.05, 3.63) is 42.0 Å². The van der Waals surface area contributed by atoms with E-state index < -0.39 is 15.1 Å². The monoisotopic (exact) mass is 321 g/mol. The zero-order valence-electron chi connectivity index (χ0n) is 13.2. The van der Waals surface area contributed by atoms with Gasteiger partial charge in [0.05, 0.1) is 16.6 Å². The molecule has 22 heavy (non-hydrogen) atoms. The van der Waals surface area contributed by atoms with Crippen LogP contribution in [0.15, 0.2) is 41.3 Å². The first-order valence-corrected chi connectivity index (χ1v) is 9.12. The predicted molar refractivity (Wildman–Crippen MR) is 87.4 cm³/mol. The second-order valence-electron chi connectivity index (χ2n) is 6.05. The molecule has 0 spiro atoms. The first-order valence-electron chi connectivity index (χ1n) is 7.58. The fourth-order valence-electron chi connectivity index (χ4n) is 2.43. The molecule has 0 bridgehead atoms. The molecule has 0 atom stereocenters. The third-order valence-corrected chi connectivity index (χ3v) is 6.22. The summed E-state index contributed by atoms with van der Waals surface area (Å²) in [6.45, 7) is 8.74. The second kappa shape index (κ2) is 6.65. The molecule has 0 radical (unpaired) electrons. The molecule has 1 aliphatic rings. The molecule has 1 fully saturated rings. The summed E-state index contributed by atoms with van der Waals surface area (Å²) >= 11 is 0. The number of rotatable bonds is 4. The lowest BCUT2D eigenvalue weighted by atomic mass is 10.0. The highest BCUT2D eigenvalue weighted by Gasteiger charge is 2.20. The second-order valence-corrected chi connectivity index (χ2v) is 8.55. The Hall–Kier alpha value is -1.62. The number of amides is 1. The van der Waals surface area contributed by atoms with Crippen LogP contribution in [0.1, 0.15) is 32.3 Å².